The van der Waals surface area contributed by atoms with Gasteiger partial charge in [0.1, 0.15) is 0 Å². The van der Waals surface area contributed by atoms with Gasteiger partial charge in [-0.1, -0.05) is 19.9 Å². The lowest BCUT2D eigenvalue weighted by Crippen LogP contribution is -2.17. The largest absolute Gasteiger partial charge is 0.295 e. The van der Waals surface area contributed by atoms with Crippen LogP contribution in [-0.2, 0) is 4.79 Å². The van der Waals surface area contributed by atoms with E-state index in [4.69, 9.17) is 0 Å². The lowest BCUT2D eigenvalue weighted by Gasteiger charge is -2.29. The predicted octanol–water partition coefficient (Wildman–Crippen LogP) is 3.59. The van der Waals surface area contributed by atoms with E-state index in [1.165, 1.54) is 25.7 Å². The Labute approximate surface area is 87.6 Å². The van der Waals surface area contributed by atoms with E-state index in [1.54, 1.807) is 13.0 Å². The summed E-state index contributed by atoms with van der Waals surface area (Å²) in [5.41, 5.74) is 0. The van der Waals surface area contributed by atoms with Crippen LogP contribution in [0.15, 0.2) is 12.2 Å². The van der Waals surface area contributed by atoms with Gasteiger partial charge in [-0.05, 0) is 56.4 Å². The summed E-state index contributed by atoms with van der Waals surface area (Å²) in [4.78, 5) is 10.8. The van der Waals surface area contributed by atoms with E-state index in [0.29, 0.717) is 5.92 Å². The van der Waals surface area contributed by atoms with Crippen molar-refractivity contribution >= 4 is 5.78 Å². The first-order valence-electron chi connectivity index (χ1n) is 5.78. The van der Waals surface area contributed by atoms with Crippen LogP contribution in [0.25, 0.3) is 0 Å². The smallest absolute Gasteiger partial charge is 0.152 e. The van der Waals surface area contributed by atoms with Gasteiger partial charge in [0.05, 0.1) is 0 Å². The van der Waals surface area contributed by atoms with Crippen molar-refractivity contribution in [3.8, 4) is 0 Å². The molecule has 0 aromatic rings. The summed E-state index contributed by atoms with van der Waals surface area (Å²) in [5, 5.41) is 0. The molecule has 1 saturated carbocycles. The highest BCUT2D eigenvalue weighted by Crippen LogP contribution is 2.33. The van der Waals surface area contributed by atoms with Gasteiger partial charge in [-0.2, -0.15) is 0 Å². The quantitative estimate of drug-likeness (QED) is 0.627. The molecule has 0 unspecified atom stereocenters. The van der Waals surface area contributed by atoms with Crippen LogP contribution >= 0.6 is 0 Å². The van der Waals surface area contributed by atoms with Crippen LogP contribution in [0.2, 0.25) is 0 Å². The van der Waals surface area contributed by atoms with E-state index in [-0.39, 0.29) is 5.78 Å². The molecular formula is C13H22O. The molecule has 1 aliphatic carbocycles. The standard InChI is InChI=1S/C13H22O/c1-10(2)13-8-6-12(7-9-13)5-4-11(3)14/h4-5,10,12-13H,6-9H2,1-3H3/b5-4+. The van der Waals surface area contributed by atoms with Gasteiger partial charge < -0.3 is 0 Å². The third-order valence-electron chi connectivity index (χ3n) is 3.36. The number of carbonyl (C=O) groups is 1. The number of allylic oxidation sites excluding steroid dienone is 2. The van der Waals surface area contributed by atoms with Gasteiger partial charge in [0.25, 0.3) is 0 Å². The van der Waals surface area contributed by atoms with Gasteiger partial charge in [0.2, 0.25) is 0 Å². The summed E-state index contributed by atoms with van der Waals surface area (Å²) in [6, 6.07) is 0. The Morgan fingerprint density at radius 1 is 1.21 bits per heavy atom. The van der Waals surface area contributed by atoms with E-state index >= 15 is 0 Å². The van der Waals surface area contributed by atoms with E-state index < -0.39 is 0 Å². The molecule has 0 aliphatic heterocycles. The second-order valence-electron chi connectivity index (χ2n) is 4.89. The first kappa shape index (κ1) is 11.5. The number of hydrogen-bond acceptors (Lipinski definition) is 1. The Hall–Kier alpha value is -0.590. The normalized spacial score (nSPS) is 28.6. The van der Waals surface area contributed by atoms with Crippen molar-refractivity contribution in [3.63, 3.8) is 0 Å². The summed E-state index contributed by atoms with van der Waals surface area (Å²) >= 11 is 0. The molecule has 1 heteroatoms. The van der Waals surface area contributed by atoms with E-state index in [0.717, 1.165) is 11.8 Å². The molecule has 14 heavy (non-hydrogen) atoms. The fraction of sp³-hybridized carbons (Fsp3) is 0.769. The van der Waals surface area contributed by atoms with Gasteiger partial charge in [0, 0.05) is 0 Å². The molecule has 0 saturated heterocycles. The molecule has 0 radical (unpaired) electrons. The molecule has 1 fully saturated rings. The maximum atomic E-state index is 10.8. The first-order valence-corrected chi connectivity index (χ1v) is 5.78. The molecular weight excluding hydrogens is 172 g/mol. The van der Waals surface area contributed by atoms with Crippen molar-refractivity contribution < 1.29 is 4.79 Å². The third kappa shape index (κ3) is 3.65. The predicted molar refractivity (Wildman–Crippen MR) is 60.1 cm³/mol. The van der Waals surface area contributed by atoms with Crippen LogP contribution in [-0.4, -0.2) is 5.78 Å². The molecule has 0 amide bonds. The van der Waals surface area contributed by atoms with E-state index in [2.05, 4.69) is 19.9 Å². The molecule has 0 atom stereocenters. The average Bonchev–Trinajstić information content (AvgIpc) is 2.15. The minimum atomic E-state index is 0.177. The van der Waals surface area contributed by atoms with Crippen LogP contribution in [0.3, 0.4) is 0 Å². The van der Waals surface area contributed by atoms with Gasteiger partial charge in [-0.3, -0.25) is 4.79 Å². The van der Waals surface area contributed by atoms with Crippen molar-refractivity contribution in [2.45, 2.75) is 46.5 Å². The Balaban J connectivity index is 2.32. The Bertz CT molecular complexity index is 207. The maximum absolute atomic E-state index is 10.8. The summed E-state index contributed by atoms with van der Waals surface area (Å²) in [5.74, 6) is 2.58. The summed E-state index contributed by atoms with van der Waals surface area (Å²) in [6.07, 6.45) is 9.06. The van der Waals surface area contributed by atoms with Gasteiger partial charge in [0.15, 0.2) is 5.78 Å². The SMILES string of the molecule is CC(=O)/C=C/C1CCC(C(C)C)CC1. The molecule has 80 valence electrons. The summed E-state index contributed by atoms with van der Waals surface area (Å²) in [7, 11) is 0. The average molecular weight is 194 g/mol. The minimum Gasteiger partial charge on any atom is -0.295 e. The molecule has 0 heterocycles. The fourth-order valence-corrected chi connectivity index (χ4v) is 2.28. The number of ketones is 1. The molecule has 0 bridgehead atoms. The van der Waals surface area contributed by atoms with Crippen molar-refractivity contribution in [1.82, 2.24) is 0 Å². The van der Waals surface area contributed by atoms with E-state index in [9.17, 15) is 4.79 Å². The van der Waals surface area contributed by atoms with Crippen molar-refractivity contribution in [2.24, 2.45) is 17.8 Å². The molecule has 0 spiro atoms. The van der Waals surface area contributed by atoms with Crippen LogP contribution in [0, 0.1) is 17.8 Å². The monoisotopic (exact) mass is 194 g/mol. The zero-order chi connectivity index (χ0) is 10.6. The second-order valence-corrected chi connectivity index (χ2v) is 4.89. The first-order chi connectivity index (χ1) is 6.59. The third-order valence-corrected chi connectivity index (χ3v) is 3.36. The van der Waals surface area contributed by atoms with Crippen LogP contribution < -0.4 is 0 Å². The summed E-state index contributed by atoms with van der Waals surface area (Å²) in [6.45, 7) is 6.25. The molecule has 1 rings (SSSR count). The summed E-state index contributed by atoms with van der Waals surface area (Å²) < 4.78 is 0. The zero-order valence-corrected chi connectivity index (χ0v) is 9.62. The van der Waals surface area contributed by atoms with Crippen molar-refractivity contribution in [3.05, 3.63) is 12.2 Å². The Morgan fingerprint density at radius 2 is 1.79 bits per heavy atom. The Kier molecular flexibility index (Phi) is 4.37. The van der Waals surface area contributed by atoms with Gasteiger partial charge in [-0.25, -0.2) is 0 Å². The second kappa shape index (κ2) is 5.33. The van der Waals surface area contributed by atoms with Gasteiger partial charge in [-0.15, -0.1) is 0 Å². The fourth-order valence-electron chi connectivity index (χ4n) is 2.28. The van der Waals surface area contributed by atoms with Crippen molar-refractivity contribution in [2.75, 3.05) is 0 Å². The van der Waals surface area contributed by atoms with Gasteiger partial charge >= 0.3 is 0 Å². The minimum absolute atomic E-state index is 0.177. The van der Waals surface area contributed by atoms with E-state index in [1.807, 2.05) is 0 Å². The molecule has 1 nitrogen and oxygen atoms in total. The van der Waals surface area contributed by atoms with Crippen LogP contribution in [0.4, 0.5) is 0 Å². The highest BCUT2D eigenvalue weighted by Gasteiger charge is 2.21. The number of carbonyl (C=O) groups excluding carboxylic acids is 1. The number of hydrogen-bond donors (Lipinski definition) is 0. The number of rotatable bonds is 3. The molecule has 0 aromatic carbocycles. The lowest BCUT2D eigenvalue weighted by molar-refractivity contribution is -0.112. The topological polar surface area (TPSA) is 17.1 Å². The lowest BCUT2D eigenvalue weighted by atomic mass is 9.77. The maximum Gasteiger partial charge on any atom is 0.152 e. The zero-order valence-electron chi connectivity index (χ0n) is 9.62. The van der Waals surface area contributed by atoms with Crippen LogP contribution in [0.5, 0.6) is 0 Å². The van der Waals surface area contributed by atoms with Crippen LogP contribution in [0.1, 0.15) is 46.5 Å². The molecule has 1 aliphatic rings. The molecule has 0 N–H and O–H groups in total. The Morgan fingerprint density at radius 3 is 2.21 bits per heavy atom. The highest BCUT2D eigenvalue weighted by molar-refractivity contribution is 5.87. The highest BCUT2D eigenvalue weighted by atomic mass is 16.1. The van der Waals surface area contributed by atoms with Crippen molar-refractivity contribution in [1.29, 1.82) is 0 Å². The molecule has 0 aromatic heterocycles.